The van der Waals surface area contributed by atoms with E-state index in [0.717, 1.165) is 6.20 Å². The Morgan fingerprint density at radius 2 is 2.10 bits per heavy atom. The first-order valence-electron chi connectivity index (χ1n) is 2.40. The minimum absolute atomic E-state index is 0. The van der Waals surface area contributed by atoms with E-state index < -0.39 is 11.6 Å². The van der Waals surface area contributed by atoms with Gasteiger partial charge in [-0.2, -0.15) is 0 Å². The number of hydrogen-bond donors (Lipinski definition) is 0. The first kappa shape index (κ1) is 9.67. The van der Waals surface area contributed by atoms with Crippen LogP contribution in [0.1, 0.15) is 5.69 Å². The Hall–Kier alpha value is -0.328. The summed E-state index contributed by atoms with van der Waals surface area (Å²) in [4.78, 5) is 3.40. The van der Waals surface area contributed by atoms with Crippen molar-refractivity contribution < 1.29 is 29.2 Å². The van der Waals surface area contributed by atoms with Gasteiger partial charge >= 0.3 is 0 Å². The third-order valence-corrected chi connectivity index (χ3v) is 0.918. The first-order chi connectivity index (χ1) is 4.20. The molecule has 1 nitrogen and oxygen atoms in total. The fraction of sp³-hybridized carbons (Fsp3) is 0.167. The molecular formula is C6H4F2NRe-. The van der Waals surface area contributed by atoms with Gasteiger partial charge in [-0.25, -0.2) is 8.78 Å². The van der Waals surface area contributed by atoms with Crippen molar-refractivity contribution in [3.8, 4) is 0 Å². The van der Waals surface area contributed by atoms with Crippen LogP contribution in [-0.2, 0) is 20.4 Å². The summed E-state index contributed by atoms with van der Waals surface area (Å²) in [6.07, 6.45) is 0.929. The van der Waals surface area contributed by atoms with E-state index in [0.29, 0.717) is 0 Å². The molecule has 0 amide bonds. The molecule has 0 saturated carbocycles. The van der Waals surface area contributed by atoms with Crippen LogP contribution < -0.4 is 0 Å². The van der Waals surface area contributed by atoms with Crippen molar-refractivity contribution in [1.29, 1.82) is 0 Å². The smallest absolute Gasteiger partial charge is 0.0340 e. The van der Waals surface area contributed by atoms with Gasteiger partial charge in [-0.05, 0) is 5.69 Å². The zero-order valence-electron chi connectivity index (χ0n) is 5.16. The predicted octanol–water partition coefficient (Wildman–Crippen LogP) is 1.47. The standard InChI is InChI=1S/C6H4F2N.Re/c1-4-6(8)2-5(7)3-9-4;/h3H,1H3;/q-1;. The second-order valence-electron chi connectivity index (χ2n) is 1.63. The van der Waals surface area contributed by atoms with Crippen molar-refractivity contribution >= 4 is 0 Å². The fourth-order valence-electron chi connectivity index (χ4n) is 0.438. The molecule has 0 fully saturated rings. The molecule has 0 aliphatic heterocycles. The van der Waals surface area contributed by atoms with Gasteiger partial charge in [0.05, 0.1) is 0 Å². The van der Waals surface area contributed by atoms with Crippen LogP contribution in [0.25, 0.3) is 0 Å². The third-order valence-electron chi connectivity index (χ3n) is 0.918. The molecule has 10 heavy (non-hydrogen) atoms. The number of pyridine rings is 1. The van der Waals surface area contributed by atoms with Crippen molar-refractivity contribution in [2.45, 2.75) is 6.92 Å². The van der Waals surface area contributed by atoms with Crippen LogP contribution in [-0.4, -0.2) is 4.98 Å². The Morgan fingerprint density at radius 3 is 2.50 bits per heavy atom. The SMILES string of the molecule is Cc1ncc(F)[c-]c1F.[Re]. The molecule has 0 spiro atoms. The van der Waals surface area contributed by atoms with Gasteiger partial charge in [-0.15, -0.1) is 6.07 Å². The summed E-state index contributed by atoms with van der Waals surface area (Å²) in [5.41, 5.74) is 0.163. The molecule has 0 atom stereocenters. The molecule has 0 saturated heterocycles. The van der Waals surface area contributed by atoms with Crippen LogP contribution in [0.4, 0.5) is 8.78 Å². The Morgan fingerprint density at radius 1 is 1.50 bits per heavy atom. The van der Waals surface area contributed by atoms with Gasteiger partial charge < -0.3 is 4.98 Å². The second kappa shape index (κ2) is 3.75. The largest absolute Gasteiger partial charge is 0.382 e. The molecule has 4 heteroatoms. The molecule has 0 unspecified atom stereocenters. The van der Waals surface area contributed by atoms with Gasteiger partial charge in [0, 0.05) is 32.1 Å². The summed E-state index contributed by atoms with van der Waals surface area (Å²) >= 11 is 0. The zero-order chi connectivity index (χ0) is 6.85. The van der Waals surface area contributed by atoms with E-state index in [1.165, 1.54) is 6.92 Å². The maximum absolute atomic E-state index is 12.2. The maximum atomic E-state index is 12.2. The van der Waals surface area contributed by atoms with Crippen molar-refractivity contribution in [2.24, 2.45) is 0 Å². The average Bonchev–Trinajstić information content (AvgIpc) is 1.80. The summed E-state index contributed by atoms with van der Waals surface area (Å²) in [6, 6.07) is 1.84. The third kappa shape index (κ3) is 2.13. The summed E-state index contributed by atoms with van der Waals surface area (Å²) in [7, 11) is 0. The molecule has 55 valence electrons. The van der Waals surface area contributed by atoms with E-state index >= 15 is 0 Å². The van der Waals surface area contributed by atoms with Gasteiger partial charge in [0.1, 0.15) is 0 Å². The quantitative estimate of drug-likeness (QED) is 0.661. The van der Waals surface area contributed by atoms with Gasteiger partial charge in [0.2, 0.25) is 0 Å². The molecule has 1 aromatic heterocycles. The summed E-state index contributed by atoms with van der Waals surface area (Å²) < 4.78 is 24.2. The molecule has 1 rings (SSSR count). The second-order valence-corrected chi connectivity index (χ2v) is 1.63. The predicted molar refractivity (Wildman–Crippen MR) is 27.7 cm³/mol. The van der Waals surface area contributed by atoms with Crippen LogP contribution >= 0.6 is 0 Å². The number of aryl methyl sites for hydroxylation is 1. The van der Waals surface area contributed by atoms with Crippen LogP contribution in [0, 0.1) is 24.6 Å². The monoisotopic (exact) mass is 315 g/mol. The van der Waals surface area contributed by atoms with E-state index in [-0.39, 0.29) is 26.1 Å². The zero-order valence-corrected chi connectivity index (χ0v) is 7.87. The number of halogens is 2. The van der Waals surface area contributed by atoms with E-state index in [1.807, 2.05) is 6.07 Å². The van der Waals surface area contributed by atoms with E-state index in [2.05, 4.69) is 4.98 Å². The topological polar surface area (TPSA) is 12.9 Å². The summed E-state index contributed by atoms with van der Waals surface area (Å²) in [5, 5.41) is 0. The molecule has 1 radical (unpaired) electrons. The summed E-state index contributed by atoms with van der Waals surface area (Å²) in [6.45, 7) is 1.45. The van der Waals surface area contributed by atoms with Crippen LogP contribution in [0.5, 0.6) is 0 Å². The van der Waals surface area contributed by atoms with E-state index in [4.69, 9.17) is 0 Å². The number of rotatable bonds is 0. The van der Waals surface area contributed by atoms with Crippen molar-refractivity contribution in [3.63, 3.8) is 0 Å². The Labute approximate surface area is 71.1 Å². The molecule has 0 aliphatic rings. The number of hydrogen-bond acceptors (Lipinski definition) is 1. The molecule has 0 N–H and O–H groups in total. The minimum atomic E-state index is -0.766. The minimum Gasteiger partial charge on any atom is -0.382 e. The Bertz CT molecular complexity index is 227. The molecule has 0 bridgehead atoms. The Balaban J connectivity index is 0.000000810. The van der Waals surface area contributed by atoms with Crippen molar-refractivity contribution in [2.75, 3.05) is 0 Å². The van der Waals surface area contributed by atoms with Crippen molar-refractivity contribution in [1.82, 2.24) is 4.98 Å². The molecule has 0 aromatic carbocycles. The van der Waals surface area contributed by atoms with Crippen LogP contribution in [0.2, 0.25) is 0 Å². The molecule has 0 aliphatic carbocycles. The average molecular weight is 314 g/mol. The number of nitrogens with zero attached hydrogens (tertiary/aromatic N) is 1. The normalized spacial score (nSPS) is 8.70. The molecule has 1 aromatic rings. The van der Waals surface area contributed by atoms with Crippen molar-refractivity contribution in [3.05, 3.63) is 29.6 Å². The fourth-order valence-corrected chi connectivity index (χ4v) is 0.438. The van der Waals surface area contributed by atoms with Crippen LogP contribution in [0.15, 0.2) is 6.20 Å². The van der Waals surface area contributed by atoms with Gasteiger partial charge in [-0.1, -0.05) is 13.1 Å². The molecular weight excluding hydrogens is 310 g/mol. The van der Waals surface area contributed by atoms with Gasteiger partial charge in [0.15, 0.2) is 0 Å². The number of aromatic nitrogens is 1. The van der Waals surface area contributed by atoms with Crippen LogP contribution in [0.3, 0.4) is 0 Å². The van der Waals surface area contributed by atoms with Gasteiger partial charge in [0.25, 0.3) is 0 Å². The Kier molecular flexibility index (Phi) is 3.62. The summed E-state index contributed by atoms with van der Waals surface area (Å²) in [5.74, 6) is -1.49. The van der Waals surface area contributed by atoms with E-state index in [1.54, 1.807) is 0 Å². The molecule has 1 heterocycles. The maximum Gasteiger partial charge on any atom is 0.0340 e. The van der Waals surface area contributed by atoms with E-state index in [9.17, 15) is 8.78 Å². The van der Waals surface area contributed by atoms with Gasteiger partial charge in [-0.3, -0.25) is 0 Å². The first-order valence-corrected chi connectivity index (χ1v) is 2.40.